The smallest absolute Gasteiger partial charge is 0.196 e. The zero-order valence-electron chi connectivity index (χ0n) is 8.22. The van der Waals surface area contributed by atoms with Gasteiger partial charge in [0, 0.05) is 6.07 Å². The molecule has 1 N–H and O–H groups in total. The molecule has 0 amide bonds. The summed E-state index contributed by atoms with van der Waals surface area (Å²) < 4.78 is 39.4. The van der Waals surface area contributed by atoms with E-state index in [1.165, 1.54) is 12.4 Å². The van der Waals surface area contributed by atoms with Crippen LogP contribution in [-0.2, 0) is 0 Å². The van der Waals surface area contributed by atoms with E-state index >= 15 is 0 Å². The Morgan fingerprint density at radius 2 is 1.82 bits per heavy atom. The molecular formula is C10H5BrF3N3. The Hall–Kier alpha value is -1.63. The van der Waals surface area contributed by atoms with Gasteiger partial charge in [-0.25, -0.2) is 23.1 Å². The van der Waals surface area contributed by atoms with Gasteiger partial charge in [0.15, 0.2) is 17.5 Å². The first-order valence-corrected chi connectivity index (χ1v) is 5.25. The lowest BCUT2D eigenvalue weighted by Gasteiger charge is -2.07. The van der Waals surface area contributed by atoms with Crippen LogP contribution in [0, 0.1) is 17.5 Å². The molecule has 17 heavy (non-hydrogen) atoms. The molecule has 0 fully saturated rings. The maximum absolute atomic E-state index is 13.3. The molecule has 1 heterocycles. The van der Waals surface area contributed by atoms with Gasteiger partial charge in [0.05, 0.1) is 5.69 Å². The summed E-state index contributed by atoms with van der Waals surface area (Å²) >= 11 is 3.10. The van der Waals surface area contributed by atoms with Crippen LogP contribution in [0.25, 0.3) is 0 Å². The summed E-state index contributed by atoms with van der Waals surface area (Å²) in [7, 11) is 0. The molecule has 2 aromatic rings. The van der Waals surface area contributed by atoms with Crippen molar-refractivity contribution in [1.82, 2.24) is 9.97 Å². The highest BCUT2D eigenvalue weighted by molar-refractivity contribution is 9.10. The van der Waals surface area contributed by atoms with Crippen LogP contribution in [0.15, 0.2) is 29.1 Å². The van der Waals surface area contributed by atoms with Crippen molar-refractivity contribution in [2.24, 2.45) is 0 Å². The number of nitrogens with zero attached hydrogens (tertiary/aromatic N) is 2. The molecule has 1 aromatic carbocycles. The second-order valence-corrected chi connectivity index (χ2v) is 3.89. The molecule has 0 aliphatic carbocycles. The molecule has 1 aromatic heterocycles. The first-order valence-electron chi connectivity index (χ1n) is 4.46. The van der Waals surface area contributed by atoms with Crippen molar-refractivity contribution in [3.05, 3.63) is 46.6 Å². The summed E-state index contributed by atoms with van der Waals surface area (Å²) in [6.45, 7) is 0. The van der Waals surface area contributed by atoms with E-state index in [9.17, 15) is 13.2 Å². The fourth-order valence-electron chi connectivity index (χ4n) is 1.16. The molecule has 0 aliphatic rings. The summed E-state index contributed by atoms with van der Waals surface area (Å²) in [4.78, 5) is 7.57. The number of hydrogen-bond donors (Lipinski definition) is 1. The quantitative estimate of drug-likeness (QED) is 0.682. The van der Waals surface area contributed by atoms with Crippen molar-refractivity contribution in [1.29, 1.82) is 0 Å². The van der Waals surface area contributed by atoms with E-state index in [-0.39, 0.29) is 11.5 Å². The average Bonchev–Trinajstić information content (AvgIpc) is 2.30. The summed E-state index contributed by atoms with van der Waals surface area (Å²) in [5.74, 6) is -3.79. The van der Waals surface area contributed by atoms with Crippen molar-refractivity contribution in [3.63, 3.8) is 0 Å². The van der Waals surface area contributed by atoms with Gasteiger partial charge < -0.3 is 5.32 Å². The molecule has 0 radical (unpaired) electrons. The van der Waals surface area contributed by atoms with E-state index < -0.39 is 17.5 Å². The van der Waals surface area contributed by atoms with Crippen LogP contribution in [0.2, 0.25) is 0 Å². The van der Waals surface area contributed by atoms with E-state index in [1.54, 1.807) is 0 Å². The predicted molar refractivity (Wildman–Crippen MR) is 59.3 cm³/mol. The monoisotopic (exact) mass is 303 g/mol. The van der Waals surface area contributed by atoms with Crippen molar-refractivity contribution < 1.29 is 13.2 Å². The minimum absolute atomic E-state index is 0.200. The first-order chi connectivity index (χ1) is 8.08. The number of anilines is 2. The Kier molecular flexibility index (Phi) is 3.28. The van der Waals surface area contributed by atoms with Crippen molar-refractivity contribution >= 4 is 27.4 Å². The minimum atomic E-state index is -1.52. The molecular weight excluding hydrogens is 299 g/mol. The SMILES string of the molecule is Fc1ccc(Nc2cc(Br)ncn2)c(F)c1F. The third-order valence-electron chi connectivity index (χ3n) is 1.93. The summed E-state index contributed by atoms with van der Waals surface area (Å²) in [5, 5.41) is 2.52. The Morgan fingerprint density at radius 1 is 1.06 bits per heavy atom. The van der Waals surface area contributed by atoms with Gasteiger partial charge in [-0.15, -0.1) is 0 Å². The van der Waals surface area contributed by atoms with E-state index in [0.717, 1.165) is 12.1 Å². The maximum Gasteiger partial charge on any atom is 0.196 e. The number of halogens is 4. The van der Waals surface area contributed by atoms with Gasteiger partial charge >= 0.3 is 0 Å². The number of nitrogens with one attached hydrogen (secondary N) is 1. The van der Waals surface area contributed by atoms with Crippen molar-refractivity contribution in [2.75, 3.05) is 5.32 Å². The second kappa shape index (κ2) is 4.70. The third-order valence-corrected chi connectivity index (χ3v) is 2.37. The molecule has 88 valence electrons. The Bertz CT molecular complexity index is 562. The third kappa shape index (κ3) is 2.55. The lowest BCUT2D eigenvalue weighted by atomic mass is 10.3. The van der Waals surface area contributed by atoms with Crippen LogP contribution < -0.4 is 5.32 Å². The van der Waals surface area contributed by atoms with Crippen LogP contribution >= 0.6 is 15.9 Å². The zero-order chi connectivity index (χ0) is 12.4. The van der Waals surface area contributed by atoms with Gasteiger partial charge in [0.2, 0.25) is 0 Å². The van der Waals surface area contributed by atoms with E-state index in [2.05, 4.69) is 31.2 Å². The van der Waals surface area contributed by atoms with Gasteiger partial charge in [-0.1, -0.05) is 0 Å². The highest BCUT2D eigenvalue weighted by atomic mass is 79.9. The van der Waals surface area contributed by atoms with Crippen molar-refractivity contribution in [3.8, 4) is 0 Å². The van der Waals surface area contributed by atoms with E-state index in [1.807, 2.05) is 0 Å². The van der Waals surface area contributed by atoms with Gasteiger partial charge in [-0.2, -0.15) is 0 Å². The standard InChI is InChI=1S/C10H5BrF3N3/c11-7-3-8(16-4-15-7)17-6-2-1-5(12)9(13)10(6)14/h1-4H,(H,15,16,17). The molecule has 2 rings (SSSR count). The largest absolute Gasteiger partial charge is 0.338 e. The van der Waals surface area contributed by atoms with Gasteiger partial charge in [-0.05, 0) is 28.1 Å². The Labute approximate surface area is 103 Å². The van der Waals surface area contributed by atoms with Gasteiger partial charge in [0.1, 0.15) is 16.7 Å². The minimum Gasteiger partial charge on any atom is -0.338 e. The van der Waals surface area contributed by atoms with Gasteiger partial charge in [0.25, 0.3) is 0 Å². The van der Waals surface area contributed by atoms with Gasteiger partial charge in [-0.3, -0.25) is 0 Å². The molecule has 0 aliphatic heterocycles. The second-order valence-electron chi connectivity index (χ2n) is 3.07. The summed E-state index contributed by atoms with van der Waals surface area (Å²) in [5.41, 5.74) is -0.200. The molecule has 0 bridgehead atoms. The van der Waals surface area contributed by atoms with Crippen LogP contribution in [0.3, 0.4) is 0 Å². The van der Waals surface area contributed by atoms with Crippen LogP contribution in [0.1, 0.15) is 0 Å². The molecule has 0 unspecified atom stereocenters. The number of hydrogen-bond acceptors (Lipinski definition) is 3. The normalized spacial score (nSPS) is 10.4. The van der Waals surface area contributed by atoms with Crippen molar-refractivity contribution in [2.45, 2.75) is 0 Å². The zero-order valence-corrected chi connectivity index (χ0v) is 9.80. The summed E-state index contributed by atoms with van der Waals surface area (Å²) in [6, 6.07) is 3.39. The highest BCUT2D eigenvalue weighted by Gasteiger charge is 2.13. The topological polar surface area (TPSA) is 37.8 Å². The van der Waals surface area contributed by atoms with E-state index in [0.29, 0.717) is 4.60 Å². The molecule has 0 saturated carbocycles. The van der Waals surface area contributed by atoms with Crippen LogP contribution in [0.5, 0.6) is 0 Å². The first kappa shape index (κ1) is 11.8. The maximum atomic E-state index is 13.3. The van der Waals surface area contributed by atoms with Crippen LogP contribution in [0.4, 0.5) is 24.7 Å². The van der Waals surface area contributed by atoms with Crippen LogP contribution in [-0.4, -0.2) is 9.97 Å². The Balaban J connectivity index is 2.34. The molecule has 3 nitrogen and oxygen atoms in total. The average molecular weight is 304 g/mol. The number of aromatic nitrogens is 2. The highest BCUT2D eigenvalue weighted by Crippen LogP contribution is 2.23. The summed E-state index contributed by atoms with van der Waals surface area (Å²) in [6.07, 6.45) is 1.24. The molecule has 0 atom stereocenters. The lowest BCUT2D eigenvalue weighted by molar-refractivity contribution is 0.449. The lowest BCUT2D eigenvalue weighted by Crippen LogP contribution is -2.00. The predicted octanol–water partition coefficient (Wildman–Crippen LogP) is 3.40. The molecule has 7 heteroatoms. The Morgan fingerprint density at radius 3 is 2.53 bits per heavy atom. The number of rotatable bonds is 2. The molecule has 0 saturated heterocycles. The molecule has 0 spiro atoms. The fraction of sp³-hybridized carbons (Fsp3) is 0. The fourth-order valence-corrected chi connectivity index (χ4v) is 1.47. The number of benzene rings is 1. The van der Waals surface area contributed by atoms with E-state index in [4.69, 9.17) is 0 Å².